The van der Waals surface area contributed by atoms with E-state index < -0.39 is 15.9 Å². The minimum atomic E-state index is -4.24. The second kappa shape index (κ2) is 12.1. The highest BCUT2D eigenvalue weighted by Gasteiger charge is 2.23. The lowest BCUT2D eigenvalue weighted by Crippen LogP contribution is -2.40. The van der Waals surface area contributed by atoms with E-state index in [0.717, 1.165) is 30.7 Å². The summed E-state index contributed by atoms with van der Waals surface area (Å²) in [4.78, 5) is 14.7. The molecule has 0 radical (unpaired) electrons. The number of urea groups is 1. The maximum atomic E-state index is 13.2. The van der Waals surface area contributed by atoms with Gasteiger partial charge in [-0.05, 0) is 78.9 Å². The molecule has 0 fully saturated rings. The van der Waals surface area contributed by atoms with E-state index in [9.17, 15) is 17.6 Å². The Bertz CT molecular complexity index is 1310. The maximum absolute atomic E-state index is 13.2. The topological polar surface area (TPSA) is 84.9 Å². The van der Waals surface area contributed by atoms with E-state index in [4.69, 9.17) is 8.92 Å². The highest BCUT2D eigenvalue weighted by atomic mass is 32.2. The number of rotatable bonds is 10. The van der Waals surface area contributed by atoms with Gasteiger partial charge in [0.1, 0.15) is 10.7 Å². The van der Waals surface area contributed by atoms with Gasteiger partial charge >= 0.3 is 16.1 Å². The van der Waals surface area contributed by atoms with Crippen molar-refractivity contribution in [2.45, 2.75) is 57.5 Å². The maximum Gasteiger partial charge on any atom is 0.339 e. The van der Waals surface area contributed by atoms with Crippen molar-refractivity contribution in [3.05, 3.63) is 83.7 Å². The number of benzene rings is 3. The molecule has 0 aromatic heterocycles. The summed E-state index contributed by atoms with van der Waals surface area (Å²) >= 11 is 0. The monoisotopic (exact) mass is 528 g/mol. The van der Waals surface area contributed by atoms with Crippen LogP contribution in [0.5, 0.6) is 11.5 Å². The van der Waals surface area contributed by atoms with Crippen molar-refractivity contribution in [3.8, 4) is 11.5 Å². The zero-order chi connectivity index (χ0) is 27.2. The molecule has 0 heterocycles. The van der Waals surface area contributed by atoms with Gasteiger partial charge in [0.2, 0.25) is 0 Å². The molecule has 1 N–H and O–H groups in total. The van der Waals surface area contributed by atoms with Gasteiger partial charge in [0.05, 0.1) is 7.11 Å². The molecule has 7 nitrogen and oxygen atoms in total. The molecule has 0 saturated carbocycles. The number of nitrogens with zero attached hydrogens (tertiary/aromatic N) is 1. The van der Waals surface area contributed by atoms with Crippen molar-refractivity contribution in [2.24, 2.45) is 0 Å². The van der Waals surface area contributed by atoms with Crippen LogP contribution in [0.25, 0.3) is 0 Å². The molecule has 37 heavy (non-hydrogen) atoms. The number of anilines is 1. The van der Waals surface area contributed by atoms with Crippen molar-refractivity contribution in [2.75, 3.05) is 12.4 Å². The van der Waals surface area contributed by atoms with Gasteiger partial charge in [0.15, 0.2) is 11.5 Å². The molecule has 9 heteroatoms. The molecule has 0 aliphatic heterocycles. The van der Waals surface area contributed by atoms with E-state index in [1.54, 1.807) is 17.0 Å². The Morgan fingerprint density at radius 3 is 2.19 bits per heavy atom. The summed E-state index contributed by atoms with van der Waals surface area (Å²) in [5.74, 6) is 0.00913. The fraction of sp³-hybridized carbons (Fsp3) is 0.321. The van der Waals surface area contributed by atoms with Crippen LogP contribution in [0.4, 0.5) is 14.9 Å². The van der Waals surface area contributed by atoms with Crippen molar-refractivity contribution >= 4 is 21.8 Å². The zero-order valence-corrected chi connectivity index (χ0v) is 22.5. The lowest BCUT2D eigenvalue weighted by atomic mass is 10.0. The summed E-state index contributed by atoms with van der Waals surface area (Å²) in [6.07, 6.45) is 0.720. The van der Waals surface area contributed by atoms with Gasteiger partial charge in [0.25, 0.3) is 0 Å². The molecule has 0 aliphatic carbocycles. The molecule has 0 aliphatic rings. The highest BCUT2D eigenvalue weighted by molar-refractivity contribution is 7.87. The lowest BCUT2D eigenvalue weighted by Gasteiger charge is -2.29. The first-order valence-electron chi connectivity index (χ1n) is 12.1. The summed E-state index contributed by atoms with van der Waals surface area (Å²) in [6.45, 7) is 8.36. The average Bonchev–Trinajstić information content (AvgIpc) is 2.87. The van der Waals surface area contributed by atoms with Crippen molar-refractivity contribution < 1.29 is 26.5 Å². The van der Waals surface area contributed by atoms with Gasteiger partial charge in [-0.1, -0.05) is 39.0 Å². The second-order valence-corrected chi connectivity index (χ2v) is 10.6. The smallest absolute Gasteiger partial charge is 0.339 e. The quantitative estimate of drug-likeness (QED) is 0.301. The van der Waals surface area contributed by atoms with Crippen LogP contribution >= 0.6 is 0 Å². The fourth-order valence-electron chi connectivity index (χ4n) is 3.64. The van der Waals surface area contributed by atoms with E-state index in [-0.39, 0.29) is 35.0 Å². The highest BCUT2D eigenvalue weighted by Crippen LogP contribution is 2.32. The third-order valence-corrected chi connectivity index (χ3v) is 7.34. The molecule has 1 unspecified atom stereocenters. The van der Waals surface area contributed by atoms with E-state index in [2.05, 4.69) is 19.2 Å². The predicted octanol–water partition coefficient (Wildman–Crippen LogP) is 6.56. The Labute approximate surface area is 218 Å². The molecule has 2 amide bonds. The first-order valence-corrected chi connectivity index (χ1v) is 13.5. The van der Waals surface area contributed by atoms with E-state index in [1.807, 2.05) is 38.1 Å². The molecular weight excluding hydrogens is 495 g/mol. The van der Waals surface area contributed by atoms with E-state index in [0.29, 0.717) is 17.2 Å². The summed E-state index contributed by atoms with van der Waals surface area (Å²) < 4.78 is 49.4. The average molecular weight is 529 g/mol. The molecule has 0 spiro atoms. The van der Waals surface area contributed by atoms with Crippen LogP contribution < -0.4 is 14.2 Å². The van der Waals surface area contributed by atoms with E-state index >= 15 is 0 Å². The van der Waals surface area contributed by atoms with E-state index in [1.165, 1.54) is 18.7 Å². The predicted molar refractivity (Wildman–Crippen MR) is 142 cm³/mol. The number of hydrogen-bond donors (Lipinski definition) is 1. The van der Waals surface area contributed by atoms with Gasteiger partial charge in [-0.15, -0.1) is 0 Å². The third kappa shape index (κ3) is 7.22. The third-order valence-electron chi connectivity index (χ3n) is 6.10. The van der Waals surface area contributed by atoms with Crippen LogP contribution in [0, 0.1) is 5.82 Å². The van der Waals surface area contributed by atoms with Gasteiger partial charge in [-0.2, -0.15) is 8.42 Å². The van der Waals surface area contributed by atoms with Gasteiger partial charge in [-0.25, -0.2) is 9.18 Å². The molecular formula is C28H33FN2O5S. The number of hydrogen-bond acceptors (Lipinski definition) is 5. The Morgan fingerprint density at radius 1 is 0.973 bits per heavy atom. The first kappa shape index (κ1) is 28.0. The summed E-state index contributed by atoms with van der Waals surface area (Å²) in [6, 6.07) is 16.6. The van der Waals surface area contributed by atoms with Gasteiger partial charge in [0, 0.05) is 18.3 Å². The first-order chi connectivity index (χ1) is 17.5. The lowest BCUT2D eigenvalue weighted by molar-refractivity contribution is 0.187. The molecule has 0 saturated heterocycles. The van der Waals surface area contributed by atoms with Crippen LogP contribution in [0.1, 0.15) is 51.2 Å². The Kier molecular flexibility index (Phi) is 9.15. The number of carbonyl (C=O) groups is 1. The van der Waals surface area contributed by atoms with Crippen molar-refractivity contribution in [1.29, 1.82) is 0 Å². The van der Waals surface area contributed by atoms with Gasteiger partial charge < -0.3 is 19.1 Å². The Balaban J connectivity index is 1.84. The number of ether oxygens (including phenoxy) is 1. The van der Waals surface area contributed by atoms with Gasteiger partial charge in [-0.3, -0.25) is 0 Å². The fourth-order valence-corrected chi connectivity index (χ4v) is 4.58. The molecule has 198 valence electrons. The Morgan fingerprint density at radius 2 is 1.62 bits per heavy atom. The largest absolute Gasteiger partial charge is 0.493 e. The number of amides is 2. The van der Waals surface area contributed by atoms with Crippen LogP contribution in [0.15, 0.2) is 71.6 Å². The normalized spacial score (nSPS) is 12.2. The zero-order valence-electron chi connectivity index (χ0n) is 21.7. The molecule has 0 bridgehead atoms. The Hall–Kier alpha value is -3.59. The summed E-state index contributed by atoms with van der Waals surface area (Å²) in [5, 5.41) is 2.95. The number of methoxy groups -OCH3 is 1. The molecule has 3 aromatic rings. The molecule has 1 atom stereocenters. The SMILES string of the molecule is CCC(C)N(Cc1ccc(OC)c(OS(=O)(=O)c2ccc(F)cc2)c1)C(=O)Nc1ccc(C(C)C)cc1. The van der Waals surface area contributed by atoms with Crippen molar-refractivity contribution in [3.63, 3.8) is 0 Å². The van der Waals surface area contributed by atoms with Crippen LogP contribution in [-0.4, -0.2) is 32.5 Å². The van der Waals surface area contributed by atoms with Crippen LogP contribution in [-0.2, 0) is 16.7 Å². The number of halogens is 1. The minimum Gasteiger partial charge on any atom is -0.493 e. The number of nitrogens with one attached hydrogen (secondary N) is 1. The molecule has 3 aromatic carbocycles. The second-order valence-electron chi connectivity index (χ2n) is 9.07. The van der Waals surface area contributed by atoms with Crippen LogP contribution in [0.3, 0.4) is 0 Å². The summed E-state index contributed by atoms with van der Waals surface area (Å²) in [7, 11) is -2.84. The number of carbonyl (C=O) groups excluding carboxylic acids is 1. The minimum absolute atomic E-state index is 0.0295. The summed E-state index contributed by atoms with van der Waals surface area (Å²) in [5.41, 5.74) is 2.51. The van der Waals surface area contributed by atoms with Crippen molar-refractivity contribution in [1.82, 2.24) is 4.90 Å². The standard InChI is InChI=1S/C28H33FN2O5S/c1-6-20(4)31(28(32)30-24-12-8-22(9-13-24)19(2)3)18-21-7-16-26(35-5)27(17-21)36-37(33,34)25-14-10-23(29)11-15-25/h7-17,19-20H,6,18H2,1-5H3,(H,30,32). The van der Waals surface area contributed by atoms with Crippen LogP contribution in [0.2, 0.25) is 0 Å². The molecule has 3 rings (SSSR count).